The SMILES string of the molecule is CC1Cc2ccccc2N1Cc1c(O)cccc1Cl. The van der Waals surface area contributed by atoms with E-state index >= 15 is 0 Å². The standard InChI is InChI=1S/C16H16ClNO/c1-11-9-12-5-2-3-7-15(12)18(11)10-13-14(17)6-4-8-16(13)19/h2-8,11,19H,9-10H2,1H3. The average molecular weight is 274 g/mol. The molecule has 0 spiro atoms. The number of fused-ring (bicyclic) bond motifs is 1. The molecule has 0 aromatic heterocycles. The van der Waals surface area contributed by atoms with E-state index in [1.807, 2.05) is 6.07 Å². The third-order valence-corrected chi connectivity index (χ3v) is 4.13. The molecule has 3 heteroatoms. The lowest BCUT2D eigenvalue weighted by molar-refractivity contribution is 0.466. The molecule has 1 aliphatic heterocycles. The fraction of sp³-hybridized carbons (Fsp3) is 0.250. The van der Waals surface area contributed by atoms with Crippen molar-refractivity contribution in [2.75, 3.05) is 4.90 Å². The molecule has 2 aromatic carbocycles. The predicted octanol–water partition coefficient (Wildman–Crippen LogP) is 4.00. The Balaban J connectivity index is 1.96. The summed E-state index contributed by atoms with van der Waals surface area (Å²) in [5.41, 5.74) is 3.41. The molecule has 0 fully saturated rings. The van der Waals surface area contributed by atoms with Crippen LogP contribution in [-0.2, 0) is 13.0 Å². The van der Waals surface area contributed by atoms with Crippen LogP contribution >= 0.6 is 11.6 Å². The van der Waals surface area contributed by atoms with Crippen LogP contribution in [0.3, 0.4) is 0 Å². The first-order valence-electron chi connectivity index (χ1n) is 6.47. The van der Waals surface area contributed by atoms with Gasteiger partial charge < -0.3 is 10.0 Å². The number of phenols is 1. The molecule has 1 N–H and O–H groups in total. The van der Waals surface area contributed by atoms with Crippen molar-refractivity contribution in [3.8, 4) is 5.75 Å². The van der Waals surface area contributed by atoms with Crippen LogP contribution in [0.4, 0.5) is 5.69 Å². The van der Waals surface area contributed by atoms with Crippen LogP contribution in [0.1, 0.15) is 18.1 Å². The minimum absolute atomic E-state index is 0.268. The maximum absolute atomic E-state index is 9.97. The molecule has 0 aliphatic carbocycles. The Kier molecular flexibility index (Phi) is 3.11. The molecule has 0 radical (unpaired) electrons. The molecule has 0 saturated carbocycles. The van der Waals surface area contributed by atoms with E-state index in [0.29, 0.717) is 17.6 Å². The van der Waals surface area contributed by atoms with Gasteiger partial charge in [-0.1, -0.05) is 35.9 Å². The Morgan fingerprint density at radius 1 is 1.21 bits per heavy atom. The molecule has 0 amide bonds. The van der Waals surface area contributed by atoms with Crippen molar-refractivity contribution >= 4 is 17.3 Å². The van der Waals surface area contributed by atoms with Gasteiger partial charge in [0.25, 0.3) is 0 Å². The predicted molar refractivity (Wildman–Crippen MR) is 78.9 cm³/mol. The van der Waals surface area contributed by atoms with E-state index in [1.165, 1.54) is 11.3 Å². The second kappa shape index (κ2) is 4.78. The third kappa shape index (κ3) is 2.17. The lowest BCUT2D eigenvalue weighted by atomic mass is 10.1. The summed E-state index contributed by atoms with van der Waals surface area (Å²) in [6.07, 6.45) is 1.04. The van der Waals surface area contributed by atoms with Gasteiger partial charge in [0.2, 0.25) is 0 Å². The minimum Gasteiger partial charge on any atom is -0.508 e. The summed E-state index contributed by atoms with van der Waals surface area (Å²) >= 11 is 6.20. The van der Waals surface area contributed by atoms with Crippen LogP contribution in [0.5, 0.6) is 5.75 Å². The lowest BCUT2D eigenvalue weighted by Gasteiger charge is -2.25. The molecule has 0 saturated heterocycles. The zero-order valence-electron chi connectivity index (χ0n) is 10.8. The van der Waals surface area contributed by atoms with Crippen LogP contribution in [-0.4, -0.2) is 11.1 Å². The maximum atomic E-state index is 9.97. The normalized spacial score (nSPS) is 17.6. The molecule has 98 valence electrons. The van der Waals surface area contributed by atoms with E-state index in [1.54, 1.807) is 12.1 Å². The first kappa shape index (κ1) is 12.4. The number of rotatable bonds is 2. The molecule has 2 nitrogen and oxygen atoms in total. The van der Waals surface area contributed by atoms with Gasteiger partial charge in [0.1, 0.15) is 5.75 Å². The summed E-state index contributed by atoms with van der Waals surface area (Å²) in [5, 5.41) is 10.6. The highest BCUT2D eigenvalue weighted by Crippen LogP contribution is 2.36. The Bertz CT molecular complexity index is 591. The van der Waals surface area contributed by atoms with Crippen molar-refractivity contribution in [3.63, 3.8) is 0 Å². The second-order valence-corrected chi connectivity index (χ2v) is 5.45. The first-order valence-corrected chi connectivity index (χ1v) is 6.85. The highest BCUT2D eigenvalue weighted by atomic mass is 35.5. The average Bonchev–Trinajstić information content (AvgIpc) is 2.70. The van der Waals surface area contributed by atoms with Gasteiger partial charge in [0, 0.05) is 28.9 Å². The number of nitrogens with zero attached hydrogens (tertiary/aromatic N) is 1. The van der Waals surface area contributed by atoms with E-state index in [-0.39, 0.29) is 5.75 Å². The van der Waals surface area contributed by atoms with Gasteiger partial charge in [-0.15, -0.1) is 0 Å². The number of halogens is 1. The fourth-order valence-electron chi connectivity index (χ4n) is 2.74. The summed E-state index contributed by atoms with van der Waals surface area (Å²) in [4.78, 5) is 2.30. The lowest BCUT2D eigenvalue weighted by Crippen LogP contribution is -2.28. The molecular formula is C16H16ClNO. The maximum Gasteiger partial charge on any atom is 0.122 e. The van der Waals surface area contributed by atoms with E-state index in [2.05, 4.69) is 36.1 Å². The minimum atomic E-state index is 0.268. The molecule has 1 unspecified atom stereocenters. The van der Waals surface area contributed by atoms with E-state index in [9.17, 15) is 5.11 Å². The molecule has 1 atom stereocenters. The van der Waals surface area contributed by atoms with E-state index < -0.39 is 0 Å². The number of hydrogen-bond donors (Lipinski definition) is 1. The second-order valence-electron chi connectivity index (χ2n) is 5.05. The highest BCUT2D eigenvalue weighted by molar-refractivity contribution is 6.31. The van der Waals surface area contributed by atoms with Gasteiger partial charge >= 0.3 is 0 Å². The Labute approximate surface area is 118 Å². The Hall–Kier alpha value is -1.67. The number of hydrogen-bond acceptors (Lipinski definition) is 2. The summed E-state index contributed by atoms with van der Waals surface area (Å²) in [7, 11) is 0. The van der Waals surface area contributed by atoms with Crippen LogP contribution in [0.15, 0.2) is 42.5 Å². The van der Waals surface area contributed by atoms with Crippen LogP contribution in [0.2, 0.25) is 5.02 Å². The van der Waals surface area contributed by atoms with Crippen molar-refractivity contribution < 1.29 is 5.11 Å². The fourth-order valence-corrected chi connectivity index (χ4v) is 2.97. The Morgan fingerprint density at radius 3 is 2.79 bits per heavy atom. The largest absolute Gasteiger partial charge is 0.508 e. The molecule has 19 heavy (non-hydrogen) atoms. The number of benzene rings is 2. The smallest absolute Gasteiger partial charge is 0.122 e. The van der Waals surface area contributed by atoms with Crippen LogP contribution in [0, 0.1) is 0 Å². The molecule has 0 bridgehead atoms. The third-order valence-electron chi connectivity index (χ3n) is 3.77. The van der Waals surface area contributed by atoms with Gasteiger partial charge in [-0.25, -0.2) is 0 Å². The quantitative estimate of drug-likeness (QED) is 0.894. The van der Waals surface area contributed by atoms with Crippen LogP contribution < -0.4 is 4.90 Å². The summed E-state index contributed by atoms with van der Waals surface area (Å²) in [6.45, 7) is 2.84. The van der Waals surface area contributed by atoms with Gasteiger partial charge in [0.15, 0.2) is 0 Å². The molecule has 1 heterocycles. The molecule has 1 aliphatic rings. The van der Waals surface area contributed by atoms with E-state index in [0.717, 1.165) is 12.0 Å². The van der Waals surface area contributed by atoms with Gasteiger partial charge in [-0.2, -0.15) is 0 Å². The summed E-state index contributed by atoms with van der Waals surface area (Å²) in [6, 6.07) is 14.1. The summed E-state index contributed by atoms with van der Waals surface area (Å²) in [5.74, 6) is 0.268. The topological polar surface area (TPSA) is 23.5 Å². The zero-order valence-corrected chi connectivity index (χ0v) is 11.6. The zero-order chi connectivity index (χ0) is 13.4. The Morgan fingerprint density at radius 2 is 2.00 bits per heavy atom. The molecular weight excluding hydrogens is 258 g/mol. The van der Waals surface area contributed by atoms with Crippen molar-refractivity contribution in [2.24, 2.45) is 0 Å². The van der Waals surface area contributed by atoms with Gasteiger partial charge in [-0.05, 0) is 37.1 Å². The number of para-hydroxylation sites is 1. The number of anilines is 1. The number of phenolic OH excluding ortho intramolecular Hbond substituents is 1. The van der Waals surface area contributed by atoms with Crippen molar-refractivity contribution in [1.82, 2.24) is 0 Å². The highest BCUT2D eigenvalue weighted by Gasteiger charge is 2.26. The monoisotopic (exact) mass is 273 g/mol. The van der Waals surface area contributed by atoms with Gasteiger partial charge in [-0.3, -0.25) is 0 Å². The van der Waals surface area contributed by atoms with Gasteiger partial charge in [0.05, 0.1) is 0 Å². The molecule has 3 rings (SSSR count). The van der Waals surface area contributed by atoms with Crippen molar-refractivity contribution in [1.29, 1.82) is 0 Å². The van der Waals surface area contributed by atoms with Crippen molar-refractivity contribution in [2.45, 2.75) is 25.9 Å². The van der Waals surface area contributed by atoms with Crippen LogP contribution in [0.25, 0.3) is 0 Å². The summed E-state index contributed by atoms with van der Waals surface area (Å²) < 4.78 is 0. The number of aromatic hydroxyl groups is 1. The van der Waals surface area contributed by atoms with E-state index in [4.69, 9.17) is 11.6 Å². The van der Waals surface area contributed by atoms with Crippen molar-refractivity contribution in [3.05, 3.63) is 58.6 Å². The molecule has 2 aromatic rings. The first-order chi connectivity index (χ1) is 9.16.